The van der Waals surface area contributed by atoms with E-state index in [2.05, 4.69) is 5.32 Å². The Morgan fingerprint density at radius 2 is 1.70 bits per heavy atom. The molecule has 0 saturated carbocycles. The van der Waals surface area contributed by atoms with Gasteiger partial charge in [0.1, 0.15) is 0 Å². The van der Waals surface area contributed by atoms with Crippen LogP contribution in [0.1, 0.15) is 15.9 Å². The molecule has 0 saturated heterocycles. The average Bonchev–Trinajstić information content (AvgIpc) is 2.56. The fourth-order valence-electron chi connectivity index (χ4n) is 2.15. The monoisotopic (exact) mass is 335 g/mol. The predicted molar refractivity (Wildman–Crippen MR) is 90.2 cm³/mol. The van der Waals surface area contributed by atoms with Crippen molar-refractivity contribution in [2.24, 2.45) is 0 Å². The molecule has 0 unspecified atom stereocenters. The minimum atomic E-state index is -0.331. The number of amides is 1. The van der Waals surface area contributed by atoms with Crippen LogP contribution in [0.15, 0.2) is 30.3 Å². The van der Waals surface area contributed by atoms with Crippen LogP contribution in [0, 0.1) is 6.92 Å². The number of methoxy groups -OCH3 is 3. The van der Waals surface area contributed by atoms with Crippen molar-refractivity contribution in [2.75, 3.05) is 26.6 Å². The fraction of sp³-hybridized carbons (Fsp3) is 0.235. The Kier molecular flexibility index (Phi) is 5.34. The van der Waals surface area contributed by atoms with Gasteiger partial charge in [-0.2, -0.15) is 0 Å². The molecule has 23 heavy (non-hydrogen) atoms. The second kappa shape index (κ2) is 7.24. The van der Waals surface area contributed by atoms with E-state index in [1.54, 1.807) is 24.3 Å². The number of rotatable bonds is 5. The highest BCUT2D eigenvalue weighted by atomic mass is 35.5. The first-order valence-electron chi connectivity index (χ1n) is 6.88. The van der Waals surface area contributed by atoms with Crippen molar-refractivity contribution < 1.29 is 19.0 Å². The molecule has 0 spiro atoms. The van der Waals surface area contributed by atoms with Crippen LogP contribution in [0.2, 0.25) is 5.02 Å². The number of aryl methyl sites for hydroxylation is 1. The maximum atomic E-state index is 12.5. The summed E-state index contributed by atoms with van der Waals surface area (Å²) in [6.07, 6.45) is 0. The van der Waals surface area contributed by atoms with Gasteiger partial charge in [0.15, 0.2) is 11.5 Å². The summed E-state index contributed by atoms with van der Waals surface area (Å²) >= 11 is 6.08. The average molecular weight is 336 g/mol. The second-order valence-corrected chi connectivity index (χ2v) is 5.21. The molecule has 0 heterocycles. The number of hydrogen-bond acceptors (Lipinski definition) is 4. The van der Waals surface area contributed by atoms with Crippen molar-refractivity contribution >= 4 is 23.2 Å². The molecule has 2 rings (SSSR count). The van der Waals surface area contributed by atoms with Crippen molar-refractivity contribution in [3.05, 3.63) is 46.5 Å². The molecule has 0 aliphatic carbocycles. The van der Waals surface area contributed by atoms with Crippen LogP contribution in [0.3, 0.4) is 0 Å². The fourth-order valence-corrected chi connectivity index (χ4v) is 2.33. The highest BCUT2D eigenvalue weighted by Crippen LogP contribution is 2.40. The maximum Gasteiger partial charge on any atom is 0.259 e. The number of anilines is 1. The quantitative estimate of drug-likeness (QED) is 0.899. The van der Waals surface area contributed by atoms with Crippen LogP contribution in [0.25, 0.3) is 0 Å². The van der Waals surface area contributed by atoms with Crippen LogP contribution < -0.4 is 19.5 Å². The Morgan fingerprint density at radius 1 is 1.00 bits per heavy atom. The maximum absolute atomic E-state index is 12.5. The van der Waals surface area contributed by atoms with Gasteiger partial charge in [-0.15, -0.1) is 0 Å². The zero-order chi connectivity index (χ0) is 17.0. The van der Waals surface area contributed by atoms with Crippen molar-refractivity contribution in [1.82, 2.24) is 0 Å². The lowest BCUT2D eigenvalue weighted by molar-refractivity contribution is 0.102. The topological polar surface area (TPSA) is 56.8 Å². The molecule has 0 aromatic heterocycles. The molecule has 0 aliphatic heterocycles. The van der Waals surface area contributed by atoms with E-state index in [4.69, 9.17) is 25.8 Å². The molecule has 2 aromatic rings. The molecule has 0 fully saturated rings. The van der Waals surface area contributed by atoms with Gasteiger partial charge in [-0.1, -0.05) is 17.7 Å². The molecule has 1 amide bonds. The number of ether oxygens (including phenoxy) is 3. The third-order valence-electron chi connectivity index (χ3n) is 3.38. The van der Waals surface area contributed by atoms with Crippen molar-refractivity contribution in [3.63, 3.8) is 0 Å². The molecule has 0 aliphatic rings. The summed E-state index contributed by atoms with van der Waals surface area (Å²) < 4.78 is 15.8. The molecule has 1 N–H and O–H groups in total. The van der Waals surface area contributed by atoms with E-state index in [1.807, 2.05) is 13.0 Å². The Labute approximate surface area is 140 Å². The van der Waals surface area contributed by atoms with Gasteiger partial charge in [-0.25, -0.2) is 0 Å². The standard InChI is InChI=1S/C17H18ClNO4/c1-10-5-6-11(9-13(10)18)19-17(20)12-7-8-14(21-2)16(23-4)15(12)22-3/h5-9H,1-4H3,(H,19,20). The Balaban J connectivity index is 2.37. The first-order valence-corrected chi connectivity index (χ1v) is 7.26. The second-order valence-electron chi connectivity index (χ2n) is 4.80. The van der Waals surface area contributed by atoms with E-state index < -0.39 is 0 Å². The number of carbonyl (C=O) groups excluding carboxylic acids is 1. The molecule has 6 heteroatoms. The smallest absolute Gasteiger partial charge is 0.259 e. The summed E-state index contributed by atoms with van der Waals surface area (Å²) in [5.74, 6) is 0.828. The molecule has 2 aromatic carbocycles. The van der Waals surface area contributed by atoms with Gasteiger partial charge in [-0.05, 0) is 36.8 Å². The SMILES string of the molecule is COc1ccc(C(=O)Nc2ccc(C)c(Cl)c2)c(OC)c1OC. The van der Waals surface area contributed by atoms with Gasteiger partial charge in [-0.3, -0.25) is 4.79 Å². The Hall–Kier alpha value is -2.40. The summed E-state index contributed by atoms with van der Waals surface area (Å²) in [6, 6.07) is 8.59. The van der Waals surface area contributed by atoms with E-state index in [0.717, 1.165) is 5.56 Å². The minimum Gasteiger partial charge on any atom is -0.493 e. The van der Waals surface area contributed by atoms with Crippen molar-refractivity contribution in [3.8, 4) is 17.2 Å². The largest absolute Gasteiger partial charge is 0.493 e. The summed E-state index contributed by atoms with van der Waals surface area (Å²) in [6.45, 7) is 1.89. The van der Waals surface area contributed by atoms with E-state index in [-0.39, 0.29) is 5.91 Å². The zero-order valence-corrected chi connectivity index (χ0v) is 14.2. The number of carbonyl (C=O) groups is 1. The third kappa shape index (κ3) is 3.51. The van der Waals surface area contributed by atoms with E-state index in [0.29, 0.717) is 33.5 Å². The highest BCUT2D eigenvalue weighted by Gasteiger charge is 2.20. The number of hydrogen-bond donors (Lipinski definition) is 1. The molecule has 0 bridgehead atoms. The van der Waals surface area contributed by atoms with Crippen LogP contribution in [-0.4, -0.2) is 27.2 Å². The van der Waals surface area contributed by atoms with E-state index >= 15 is 0 Å². The summed E-state index contributed by atoms with van der Waals surface area (Å²) in [4.78, 5) is 12.5. The summed E-state index contributed by atoms with van der Waals surface area (Å²) in [7, 11) is 4.48. The van der Waals surface area contributed by atoms with Gasteiger partial charge >= 0.3 is 0 Å². The number of benzene rings is 2. The van der Waals surface area contributed by atoms with Gasteiger partial charge in [0.05, 0.1) is 26.9 Å². The number of halogens is 1. The third-order valence-corrected chi connectivity index (χ3v) is 3.79. The van der Waals surface area contributed by atoms with E-state index in [9.17, 15) is 4.79 Å². The lowest BCUT2D eigenvalue weighted by atomic mass is 10.1. The lowest BCUT2D eigenvalue weighted by Crippen LogP contribution is -2.14. The summed E-state index contributed by atoms with van der Waals surface area (Å²) in [5.41, 5.74) is 1.87. The van der Waals surface area contributed by atoms with Crippen molar-refractivity contribution in [2.45, 2.75) is 6.92 Å². The molecular formula is C17H18ClNO4. The molecule has 5 nitrogen and oxygen atoms in total. The van der Waals surface area contributed by atoms with Gasteiger partial charge in [0.25, 0.3) is 5.91 Å². The van der Waals surface area contributed by atoms with Crippen LogP contribution >= 0.6 is 11.6 Å². The van der Waals surface area contributed by atoms with Crippen LogP contribution in [-0.2, 0) is 0 Å². The zero-order valence-electron chi connectivity index (χ0n) is 13.4. The van der Waals surface area contributed by atoms with Crippen molar-refractivity contribution in [1.29, 1.82) is 0 Å². The van der Waals surface area contributed by atoms with Crippen LogP contribution in [0.4, 0.5) is 5.69 Å². The minimum absolute atomic E-state index is 0.308. The Morgan fingerprint density at radius 3 is 2.26 bits per heavy atom. The molecular weight excluding hydrogens is 318 g/mol. The molecule has 0 atom stereocenters. The summed E-state index contributed by atoms with van der Waals surface area (Å²) in [5, 5.41) is 3.38. The van der Waals surface area contributed by atoms with Crippen LogP contribution in [0.5, 0.6) is 17.2 Å². The van der Waals surface area contributed by atoms with E-state index in [1.165, 1.54) is 21.3 Å². The van der Waals surface area contributed by atoms with Gasteiger partial charge < -0.3 is 19.5 Å². The Bertz CT molecular complexity index is 731. The van der Waals surface area contributed by atoms with Gasteiger partial charge in [0, 0.05) is 10.7 Å². The molecule has 122 valence electrons. The first kappa shape index (κ1) is 17.0. The normalized spacial score (nSPS) is 10.1. The molecule has 0 radical (unpaired) electrons. The number of nitrogens with one attached hydrogen (secondary N) is 1. The first-order chi connectivity index (χ1) is 11.0. The predicted octanol–water partition coefficient (Wildman–Crippen LogP) is 3.93. The lowest BCUT2D eigenvalue weighted by Gasteiger charge is -2.15. The van der Waals surface area contributed by atoms with Gasteiger partial charge in [0.2, 0.25) is 5.75 Å². The highest BCUT2D eigenvalue weighted by molar-refractivity contribution is 6.31.